The maximum absolute atomic E-state index is 8.64. The molecule has 0 atom stereocenters. The Kier molecular flexibility index (Phi) is 2.86. The predicted molar refractivity (Wildman–Crippen MR) is 60.3 cm³/mol. The maximum Gasteiger partial charge on any atom is 0.186 e. The van der Waals surface area contributed by atoms with Gasteiger partial charge in [-0.1, -0.05) is 5.16 Å². The third kappa shape index (κ3) is 2.03. The summed E-state index contributed by atoms with van der Waals surface area (Å²) < 4.78 is 1.91. The van der Waals surface area contributed by atoms with Gasteiger partial charge in [-0.15, -0.1) is 0 Å². The van der Waals surface area contributed by atoms with E-state index in [9.17, 15) is 0 Å². The van der Waals surface area contributed by atoms with Crippen molar-refractivity contribution in [2.24, 2.45) is 10.9 Å². The second kappa shape index (κ2) is 4.48. The first-order chi connectivity index (χ1) is 7.81. The molecule has 0 saturated heterocycles. The Morgan fingerprint density at radius 1 is 1.38 bits per heavy atom. The van der Waals surface area contributed by atoms with E-state index in [1.54, 1.807) is 18.5 Å². The second-order valence-electron chi connectivity index (χ2n) is 3.36. The van der Waals surface area contributed by atoms with Crippen LogP contribution in [0.3, 0.4) is 0 Å². The van der Waals surface area contributed by atoms with Crippen LogP contribution in [-0.2, 0) is 6.54 Å². The monoisotopic (exact) mass is 216 g/mol. The van der Waals surface area contributed by atoms with E-state index in [4.69, 9.17) is 10.9 Å². The summed E-state index contributed by atoms with van der Waals surface area (Å²) in [4.78, 5) is 3.95. The molecule has 16 heavy (non-hydrogen) atoms. The molecule has 0 unspecified atom stereocenters. The average Bonchev–Trinajstić information content (AvgIpc) is 2.77. The fourth-order valence-corrected chi connectivity index (χ4v) is 1.52. The summed E-state index contributed by atoms with van der Waals surface area (Å²) in [6.45, 7) is 0.668. The fraction of sp³-hybridized carbons (Fsp3) is 0.0909. The number of oxime groups is 1. The van der Waals surface area contributed by atoms with Crippen LogP contribution in [0.4, 0.5) is 0 Å². The van der Waals surface area contributed by atoms with Gasteiger partial charge in [-0.05, 0) is 29.8 Å². The summed E-state index contributed by atoms with van der Waals surface area (Å²) in [5.41, 5.74) is 7.36. The number of nitrogens with two attached hydrogens (primary N) is 1. The van der Waals surface area contributed by atoms with Gasteiger partial charge in [0.15, 0.2) is 5.84 Å². The molecule has 2 heterocycles. The lowest BCUT2D eigenvalue weighted by atomic mass is 10.2. The molecule has 0 aliphatic carbocycles. The van der Waals surface area contributed by atoms with Gasteiger partial charge in [-0.2, -0.15) is 0 Å². The van der Waals surface area contributed by atoms with E-state index >= 15 is 0 Å². The molecule has 5 nitrogen and oxygen atoms in total. The highest BCUT2D eigenvalue weighted by atomic mass is 16.4. The molecular formula is C11H12N4O. The fourth-order valence-electron chi connectivity index (χ4n) is 1.52. The number of hydrogen-bond acceptors (Lipinski definition) is 3. The van der Waals surface area contributed by atoms with Crippen LogP contribution in [0.25, 0.3) is 0 Å². The molecule has 0 amide bonds. The highest BCUT2D eigenvalue weighted by molar-refractivity contribution is 5.95. The molecule has 0 aliphatic rings. The first-order valence-electron chi connectivity index (χ1n) is 4.83. The lowest BCUT2D eigenvalue weighted by Gasteiger charge is -2.07. The number of pyridine rings is 1. The molecule has 0 bridgehead atoms. The smallest absolute Gasteiger partial charge is 0.186 e. The van der Waals surface area contributed by atoms with Gasteiger partial charge in [-0.25, -0.2) is 0 Å². The molecule has 0 aliphatic heterocycles. The van der Waals surface area contributed by atoms with Crippen molar-refractivity contribution in [3.8, 4) is 0 Å². The van der Waals surface area contributed by atoms with Crippen molar-refractivity contribution in [3.63, 3.8) is 0 Å². The summed E-state index contributed by atoms with van der Waals surface area (Å²) in [5, 5.41) is 11.6. The molecule has 5 heteroatoms. The van der Waals surface area contributed by atoms with E-state index in [2.05, 4.69) is 10.1 Å². The zero-order chi connectivity index (χ0) is 11.4. The Labute approximate surface area is 92.8 Å². The molecule has 0 saturated carbocycles. The van der Waals surface area contributed by atoms with E-state index in [1.807, 2.05) is 29.0 Å². The highest BCUT2D eigenvalue weighted by Gasteiger charge is 2.05. The van der Waals surface area contributed by atoms with Gasteiger partial charge < -0.3 is 15.5 Å². The first-order valence-corrected chi connectivity index (χ1v) is 4.83. The minimum Gasteiger partial charge on any atom is -0.409 e. The number of hydrogen-bond donors (Lipinski definition) is 2. The number of nitrogens with zero attached hydrogens (tertiary/aromatic N) is 3. The lowest BCUT2D eigenvalue weighted by molar-refractivity contribution is 0.318. The molecule has 0 radical (unpaired) electrons. The van der Waals surface area contributed by atoms with Crippen molar-refractivity contribution in [3.05, 3.63) is 54.1 Å². The molecule has 2 aromatic heterocycles. The molecule has 0 spiro atoms. The molecule has 0 fully saturated rings. The Bertz CT molecular complexity index is 490. The predicted octanol–water partition coefficient (Wildman–Crippen LogP) is 1.03. The third-order valence-corrected chi connectivity index (χ3v) is 2.30. The van der Waals surface area contributed by atoms with Gasteiger partial charge in [0.25, 0.3) is 0 Å². The van der Waals surface area contributed by atoms with Crippen LogP contribution < -0.4 is 5.73 Å². The summed E-state index contributed by atoms with van der Waals surface area (Å²) in [6, 6.07) is 7.51. The van der Waals surface area contributed by atoms with Gasteiger partial charge >= 0.3 is 0 Å². The molecule has 0 aromatic carbocycles. The van der Waals surface area contributed by atoms with Crippen LogP contribution in [0.5, 0.6) is 0 Å². The lowest BCUT2D eigenvalue weighted by Crippen LogP contribution is -2.18. The van der Waals surface area contributed by atoms with Crippen LogP contribution in [0, 0.1) is 0 Å². The Balaban J connectivity index is 2.26. The van der Waals surface area contributed by atoms with Crippen molar-refractivity contribution in [1.82, 2.24) is 9.55 Å². The zero-order valence-electron chi connectivity index (χ0n) is 8.61. The van der Waals surface area contributed by atoms with E-state index in [-0.39, 0.29) is 5.84 Å². The normalized spacial score (nSPS) is 11.6. The Hall–Kier alpha value is -2.30. The zero-order valence-corrected chi connectivity index (χ0v) is 8.61. The van der Waals surface area contributed by atoms with Gasteiger partial charge in [0, 0.05) is 25.1 Å². The van der Waals surface area contributed by atoms with Crippen LogP contribution in [0.2, 0.25) is 0 Å². The summed E-state index contributed by atoms with van der Waals surface area (Å²) in [7, 11) is 0. The molecular weight excluding hydrogens is 204 g/mol. The van der Waals surface area contributed by atoms with Crippen LogP contribution in [0.1, 0.15) is 11.3 Å². The Morgan fingerprint density at radius 3 is 2.81 bits per heavy atom. The SMILES string of the molecule is N/C(=N/O)c1cccn1Cc1ccncc1. The highest BCUT2D eigenvalue weighted by Crippen LogP contribution is 2.06. The van der Waals surface area contributed by atoms with E-state index in [0.717, 1.165) is 5.56 Å². The second-order valence-corrected chi connectivity index (χ2v) is 3.36. The molecule has 3 N–H and O–H groups in total. The van der Waals surface area contributed by atoms with Crippen molar-refractivity contribution in [2.45, 2.75) is 6.54 Å². The molecule has 2 aromatic rings. The number of amidine groups is 1. The van der Waals surface area contributed by atoms with Gasteiger partial charge in [0.05, 0.1) is 5.69 Å². The van der Waals surface area contributed by atoms with Crippen LogP contribution in [-0.4, -0.2) is 20.6 Å². The molecule has 82 valence electrons. The maximum atomic E-state index is 8.64. The van der Waals surface area contributed by atoms with Crippen LogP contribution in [0.15, 0.2) is 48.0 Å². The standard InChI is InChI=1S/C11H12N4O/c12-11(14-16)10-2-1-7-15(10)8-9-3-5-13-6-4-9/h1-7,16H,8H2,(H2,12,14). The van der Waals surface area contributed by atoms with Gasteiger partial charge in [0.2, 0.25) is 0 Å². The van der Waals surface area contributed by atoms with Crippen LogP contribution >= 0.6 is 0 Å². The third-order valence-electron chi connectivity index (χ3n) is 2.30. The quantitative estimate of drug-likeness (QED) is 0.348. The van der Waals surface area contributed by atoms with Gasteiger partial charge in [-0.3, -0.25) is 4.98 Å². The van der Waals surface area contributed by atoms with E-state index in [1.165, 1.54) is 0 Å². The number of rotatable bonds is 3. The first kappa shape index (κ1) is 10.2. The Morgan fingerprint density at radius 2 is 2.12 bits per heavy atom. The molecule has 2 rings (SSSR count). The minimum atomic E-state index is 0.110. The van der Waals surface area contributed by atoms with E-state index in [0.29, 0.717) is 12.2 Å². The summed E-state index contributed by atoms with van der Waals surface area (Å²) in [6.07, 6.45) is 5.36. The average molecular weight is 216 g/mol. The van der Waals surface area contributed by atoms with Crippen molar-refractivity contribution in [2.75, 3.05) is 0 Å². The van der Waals surface area contributed by atoms with Crippen molar-refractivity contribution >= 4 is 5.84 Å². The van der Waals surface area contributed by atoms with Crippen molar-refractivity contribution in [1.29, 1.82) is 0 Å². The summed E-state index contributed by atoms with van der Waals surface area (Å²) in [5.74, 6) is 0.110. The van der Waals surface area contributed by atoms with Gasteiger partial charge in [0.1, 0.15) is 0 Å². The topological polar surface area (TPSA) is 76.4 Å². The summed E-state index contributed by atoms with van der Waals surface area (Å²) >= 11 is 0. The largest absolute Gasteiger partial charge is 0.409 e. The van der Waals surface area contributed by atoms with Crippen molar-refractivity contribution < 1.29 is 5.21 Å². The number of aromatic nitrogens is 2. The minimum absolute atomic E-state index is 0.110. The van der Waals surface area contributed by atoms with E-state index < -0.39 is 0 Å².